The summed E-state index contributed by atoms with van der Waals surface area (Å²) < 4.78 is 5.26. The van der Waals surface area contributed by atoms with Crippen molar-refractivity contribution >= 4 is 32.7 Å². The summed E-state index contributed by atoms with van der Waals surface area (Å²) in [4.78, 5) is 17.2. The van der Waals surface area contributed by atoms with E-state index in [1.165, 1.54) is 0 Å². The molecule has 0 aliphatic rings. The first-order valence-corrected chi connectivity index (χ1v) is 8.01. The Bertz CT molecular complexity index is 1240. The van der Waals surface area contributed by atoms with E-state index in [4.69, 9.17) is 4.74 Å². The van der Waals surface area contributed by atoms with E-state index in [1.807, 2.05) is 42.6 Å². The summed E-state index contributed by atoms with van der Waals surface area (Å²) in [7, 11) is 1.62. The molecule has 0 spiro atoms. The molecule has 0 unspecified atom stereocenters. The molecule has 5 heteroatoms. The Labute approximate surface area is 143 Å². The van der Waals surface area contributed by atoms with Gasteiger partial charge in [-0.05, 0) is 23.6 Å². The van der Waals surface area contributed by atoms with Crippen LogP contribution in [0.4, 0.5) is 0 Å². The Balaban J connectivity index is 1.87. The van der Waals surface area contributed by atoms with Crippen molar-refractivity contribution in [2.45, 2.75) is 0 Å². The van der Waals surface area contributed by atoms with Crippen molar-refractivity contribution in [1.82, 2.24) is 19.9 Å². The van der Waals surface area contributed by atoms with E-state index in [2.05, 4.69) is 32.1 Å². The lowest BCUT2D eigenvalue weighted by Gasteiger charge is -2.06. The Morgan fingerprint density at radius 3 is 2.60 bits per heavy atom. The van der Waals surface area contributed by atoms with Crippen LogP contribution in [0.2, 0.25) is 0 Å². The van der Waals surface area contributed by atoms with Gasteiger partial charge in [0.15, 0.2) is 0 Å². The molecule has 0 fully saturated rings. The zero-order valence-electron chi connectivity index (χ0n) is 13.5. The number of nitrogens with zero attached hydrogens (tertiary/aromatic N) is 3. The minimum atomic E-state index is 0.593. The first kappa shape index (κ1) is 13.9. The van der Waals surface area contributed by atoms with E-state index in [9.17, 15) is 0 Å². The van der Waals surface area contributed by atoms with E-state index in [-0.39, 0.29) is 0 Å². The summed E-state index contributed by atoms with van der Waals surface area (Å²) in [5.41, 5.74) is 4.44. The van der Waals surface area contributed by atoms with Gasteiger partial charge in [0.1, 0.15) is 5.69 Å². The van der Waals surface area contributed by atoms with Crippen LogP contribution in [0.15, 0.2) is 60.9 Å². The van der Waals surface area contributed by atoms with Crippen molar-refractivity contribution in [2.24, 2.45) is 0 Å². The van der Waals surface area contributed by atoms with Crippen molar-refractivity contribution in [3.63, 3.8) is 0 Å². The van der Waals surface area contributed by atoms with Gasteiger partial charge < -0.3 is 9.72 Å². The number of hydrogen-bond donors (Lipinski definition) is 1. The second kappa shape index (κ2) is 5.27. The van der Waals surface area contributed by atoms with Crippen LogP contribution < -0.4 is 4.74 Å². The van der Waals surface area contributed by atoms with Crippen LogP contribution in [0.3, 0.4) is 0 Å². The topological polar surface area (TPSA) is 63.7 Å². The SMILES string of the molecule is COc1ccc2[nH]c3c(-c4nccc5ccccc45)nccc3c2n1. The van der Waals surface area contributed by atoms with Crippen LogP contribution in [0.25, 0.3) is 44.1 Å². The molecular formula is C20H14N4O. The monoisotopic (exact) mass is 326 g/mol. The number of ether oxygens (including phenoxy) is 1. The zero-order chi connectivity index (χ0) is 16.8. The molecule has 1 aromatic carbocycles. The van der Waals surface area contributed by atoms with Gasteiger partial charge in [-0.25, -0.2) is 4.98 Å². The van der Waals surface area contributed by atoms with Gasteiger partial charge in [0, 0.05) is 29.2 Å². The van der Waals surface area contributed by atoms with Gasteiger partial charge in [0.2, 0.25) is 5.88 Å². The number of hydrogen-bond acceptors (Lipinski definition) is 4. The smallest absolute Gasteiger partial charge is 0.213 e. The maximum absolute atomic E-state index is 5.26. The summed E-state index contributed by atoms with van der Waals surface area (Å²) >= 11 is 0. The molecule has 4 heterocycles. The Hall–Kier alpha value is -3.47. The zero-order valence-corrected chi connectivity index (χ0v) is 13.5. The van der Waals surface area contributed by atoms with E-state index in [0.717, 1.165) is 44.1 Å². The number of pyridine rings is 3. The maximum atomic E-state index is 5.26. The van der Waals surface area contributed by atoms with Crippen molar-refractivity contribution in [3.05, 3.63) is 60.9 Å². The highest BCUT2D eigenvalue weighted by Gasteiger charge is 2.15. The van der Waals surface area contributed by atoms with Crippen molar-refractivity contribution in [1.29, 1.82) is 0 Å². The highest BCUT2D eigenvalue weighted by atomic mass is 16.5. The molecule has 5 rings (SSSR count). The van der Waals surface area contributed by atoms with Gasteiger partial charge in [0.25, 0.3) is 0 Å². The average Bonchev–Trinajstić information content (AvgIpc) is 3.05. The number of nitrogens with one attached hydrogen (secondary N) is 1. The van der Waals surface area contributed by atoms with Gasteiger partial charge in [-0.15, -0.1) is 0 Å². The molecule has 25 heavy (non-hydrogen) atoms. The molecule has 0 radical (unpaired) electrons. The summed E-state index contributed by atoms with van der Waals surface area (Å²) in [6, 6.07) is 16.0. The molecule has 120 valence electrons. The quantitative estimate of drug-likeness (QED) is 0.524. The fourth-order valence-electron chi connectivity index (χ4n) is 3.27. The molecule has 0 aliphatic heterocycles. The third-order valence-electron chi connectivity index (χ3n) is 4.44. The second-order valence-corrected chi connectivity index (χ2v) is 5.84. The minimum Gasteiger partial charge on any atom is -0.481 e. The Morgan fingerprint density at radius 2 is 1.68 bits per heavy atom. The lowest BCUT2D eigenvalue weighted by atomic mass is 10.1. The van der Waals surface area contributed by atoms with Gasteiger partial charge in [0.05, 0.1) is 29.4 Å². The largest absolute Gasteiger partial charge is 0.481 e. The number of aromatic amines is 1. The van der Waals surface area contributed by atoms with E-state index < -0.39 is 0 Å². The second-order valence-electron chi connectivity index (χ2n) is 5.84. The van der Waals surface area contributed by atoms with Crippen LogP contribution in [-0.4, -0.2) is 27.0 Å². The van der Waals surface area contributed by atoms with Crippen molar-refractivity contribution in [2.75, 3.05) is 7.11 Å². The number of fused-ring (bicyclic) bond motifs is 4. The molecule has 0 saturated heterocycles. The molecular weight excluding hydrogens is 312 g/mol. The number of H-pyrrole nitrogens is 1. The van der Waals surface area contributed by atoms with Gasteiger partial charge in [-0.3, -0.25) is 9.97 Å². The fraction of sp³-hybridized carbons (Fsp3) is 0.0500. The number of rotatable bonds is 2. The maximum Gasteiger partial charge on any atom is 0.213 e. The molecule has 0 atom stereocenters. The standard InChI is InChI=1S/C20H14N4O/c1-25-16-7-6-15-17(24-16)14-9-11-22-20(19(14)23-15)18-13-5-3-2-4-12(13)8-10-21-18/h2-11,23H,1H3. The molecule has 0 amide bonds. The van der Waals surface area contributed by atoms with Gasteiger partial charge in [-0.1, -0.05) is 24.3 Å². The Morgan fingerprint density at radius 1 is 0.840 bits per heavy atom. The van der Waals surface area contributed by atoms with Crippen molar-refractivity contribution < 1.29 is 4.74 Å². The normalized spacial score (nSPS) is 11.4. The summed E-state index contributed by atoms with van der Waals surface area (Å²) in [5.74, 6) is 0.593. The highest BCUT2D eigenvalue weighted by Crippen LogP contribution is 2.33. The molecule has 0 bridgehead atoms. The van der Waals surface area contributed by atoms with Crippen LogP contribution in [0.1, 0.15) is 0 Å². The van der Waals surface area contributed by atoms with E-state index in [1.54, 1.807) is 13.3 Å². The van der Waals surface area contributed by atoms with Crippen LogP contribution >= 0.6 is 0 Å². The van der Waals surface area contributed by atoms with Gasteiger partial charge >= 0.3 is 0 Å². The summed E-state index contributed by atoms with van der Waals surface area (Å²) in [6.45, 7) is 0. The van der Waals surface area contributed by atoms with E-state index in [0.29, 0.717) is 5.88 Å². The molecule has 0 aliphatic carbocycles. The molecule has 1 N–H and O–H groups in total. The predicted molar refractivity (Wildman–Crippen MR) is 98.7 cm³/mol. The Kier molecular flexibility index (Phi) is 2.94. The van der Waals surface area contributed by atoms with Crippen LogP contribution in [0, 0.1) is 0 Å². The average molecular weight is 326 g/mol. The molecule has 4 aromatic heterocycles. The lowest BCUT2D eigenvalue weighted by molar-refractivity contribution is 0.399. The van der Waals surface area contributed by atoms with Gasteiger partial charge in [-0.2, -0.15) is 0 Å². The molecule has 0 saturated carbocycles. The highest BCUT2D eigenvalue weighted by molar-refractivity contribution is 6.11. The van der Waals surface area contributed by atoms with Crippen molar-refractivity contribution in [3.8, 4) is 17.3 Å². The number of benzene rings is 1. The number of methoxy groups -OCH3 is 1. The van der Waals surface area contributed by atoms with E-state index >= 15 is 0 Å². The third kappa shape index (κ3) is 2.06. The summed E-state index contributed by atoms with van der Waals surface area (Å²) in [6.07, 6.45) is 3.62. The third-order valence-corrected chi connectivity index (χ3v) is 4.44. The molecule has 5 aromatic rings. The minimum absolute atomic E-state index is 0.593. The first-order chi connectivity index (χ1) is 12.3. The fourth-order valence-corrected chi connectivity index (χ4v) is 3.27. The first-order valence-electron chi connectivity index (χ1n) is 8.01. The molecule has 5 nitrogen and oxygen atoms in total. The summed E-state index contributed by atoms with van der Waals surface area (Å²) in [5, 5.41) is 3.23. The number of aromatic nitrogens is 4. The predicted octanol–water partition coefficient (Wildman–Crippen LogP) is 4.33. The van der Waals surface area contributed by atoms with Crippen LogP contribution in [-0.2, 0) is 0 Å². The lowest BCUT2D eigenvalue weighted by Crippen LogP contribution is -1.90. The van der Waals surface area contributed by atoms with Crippen LogP contribution in [0.5, 0.6) is 5.88 Å².